The minimum absolute atomic E-state index is 0.187. The second-order valence-corrected chi connectivity index (χ2v) is 7.30. The number of benzene rings is 2. The summed E-state index contributed by atoms with van der Waals surface area (Å²) in [5, 5.41) is 0. The Labute approximate surface area is 169 Å². The molecule has 0 bridgehead atoms. The van der Waals surface area contributed by atoms with Crippen LogP contribution in [0.2, 0.25) is 0 Å². The number of ether oxygens (including phenoxy) is 3. The lowest BCUT2D eigenvalue weighted by Crippen LogP contribution is -2.32. The first-order chi connectivity index (χ1) is 14.1. The Morgan fingerprint density at radius 2 is 1.66 bits per heavy atom. The zero-order valence-electron chi connectivity index (χ0n) is 16.5. The zero-order chi connectivity index (χ0) is 20.2. The first kappa shape index (κ1) is 19.2. The molecule has 0 unspecified atom stereocenters. The van der Waals surface area contributed by atoms with Gasteiger partial charge >= 0.3 is 0 Å². The van der Waals surface area contributed by atoms with Crippen LogP contribution in [0.4, 0.5) is 0 Å². The van der Waals surface area contributed by atoms with E-state index in [2.05, 4.69) is 4.98 Å². The number of nitrogens with zero attached hydrogens (tertiary/aromatic N) is 2. The van der Waals surface area contributed by atoms with Crippen molar-refractivity contribution in [3.05, 3.63) is 88.6 Å². The fraction of sp³-hybridized carbons (Fsp3) is 0.304. The number of aromatic nitrogens is 2. The van der Waals surface area contributed by atoms with Gasteiger partial charge in [0.1, 0.15) is 42.9 Å². The average molecular weight is 392 g/mol. The van der Waals surface area contributed by atoms with E-state index in [4.69, 9.17) is 14.2 Å². The van der Waals surface area contributed by atoms with Gasteiger partial charge in [0.2, 0.25) is 0 Å². The molecule has 0 saturated carbocycles. The molecule has 2 aromatic carbocycles. The van der Waals surface area contributed by atoms with Crippen LogP contribution in [0.25, 0.3) is 0 Å². The van der Waals surface area contributed by atoms with E-state index in [0.29, 0.717) is 13.0 Å². The highest BCUT2D eigenvalue weighted by Gasteiger charge is 2.38. The summed E-state index contributed by atoms with van der Waals surface area (Å²) >= 11 is 0. The Kier molecular flexibility index (Phi) is 5.62. The van der Waals surface area contributed by atoms with Crippen LogP contribution in [0.1, 0.15) is 23.8 Å². The van der Waals surface area contributed by atoms with Crippen molar-refractivity contribution in [3.63, 3.8) is 0 Å². The molecule has 0 N–H and O–H groups in total. The van der Waals surface area contributed by atoms with E-state index < -0.39 is 0 Å². The van der Waals surface area contributed by atoms with Crippen LogP contribution in [0.5, 0.6) is 11.5 Å². The third-order valence-corrected chi connectivity index (χ3v) is 4.96. The molecule has 1 saturated heterocycles. The van der Waals surface area contributed by atoms with E-state index in [9.17, 15) is 4.79 Å². The molecule has 3 aromatic rings. The predicted octanol–water partition coefficient (Wildman–Crippen LogP) is 3.67. The first-order valence-electron chi connectivity index (χ1n) is 9.69. The van der Waals surface area contributed by atoms with E-state index >= 15 is 0 Å². The molecule has 3 atom stereocenters. The summed E-state index contributed by atoms with van der Waals surface area (Å²) in [6, 6.07) is 17.3. The maximum absolute atomic E-state index is 11.3. The number of hydrogen-bond acceptors (Lipinski definition) is 5. The predicted molar refractivity (Wildman–Crippen MR) is 109 cm³/mol. The second-order valence-electron chi connectivity index (χ2n) is 7.30. The molecule has 1 aromatic heterocycles. The van der Waals surface area contributed by atoms with Crippen LogP contribution >= 0.6 is 0 Å². The standard InChI is InChI=1S/C23H24N2O4/c1-16-3-7-18(8-4-16)27-14-21-20(28-19-9-5-17(2)6-10-19)13-23(29-21)25-12-11-22(26)24-15-25/h3-12,15,20-21,23H,13-14H2,1-2H3/t20-,21+,23+/m0/s1. The second kappa shape index (κ2) is 8.49. The topological polar surface area (TPSA) is 62.6 Å². The minimum atomic E-state index is -0.273. The summed E-state index contributed by atoms with van der Waals surface area (Å²) in [5.41, 5.74) is 2.09. The highest BCUT2D eigenvalue weighted by atomic mass is 16.6. The molecular formula is C23H24N2O4. The van der Waals surface area contributed by atoms with Crippen LogP contribution in [-0.2, 0) is 4.74 Å². The van der Waals surface area contributed by atoms with Crippen LogP contribution < -0.4 is 15.0 Å². The van der Waals surface area contributed by atoms with Crippen molar-refractivity contribution >= 4 is 0 Å². The van der Waals surface area contributed by atoms with Gasteiger partial charge in [0.15, 0.2) is 0 Å². The van der Waals surface area contributed by atoms with Crippen molar-refractivity contribution in [2.24, 2.45) is 0 Å². The molecule has 0 radical (unpaired) electrons. The molecular weight excluding hydrogens is 368 g/mol. The highest BCUT2D eigenvalue weighted by molar-refractivity contribution is 5.27. The van der Waals surface area contributed by atoms with E-state index in [1.54, 1.807) is 10.8 Å². The molecule has 0 spiro atoms. The summed E-state index contributed by atoms with van der Waals surface area (Å²) in [7, 11) is 0. The van der Waals surface area contributed by atoms with Gasteiger partial charge in [0, 0.05) is 18.7 Å². The largest absolute Gasteiger partial charge is 0.491 e. The lowest BCUT2D eigenvalue weighted by atomic mass is 10.1. The van der Waals surface area contributed by atoms with Crippen LogP contribution in [0.3, 0.4) is 0 Å². The normalized spacial score (nSPS) is 21.1. The first-order valence-corrected chi connectivity index (χ1v) is 9.69. The Bertz CT molecular complexity index is 978. The molecule has 1 fully saturated rings. The maximum Gasteiger partial charge on any atom is 0.272 e. The van der Waals surface area contributed by atoms with Gasteiger partial charge in [-0.2, -0.15) is 4.98 Å². The van der Waals surface area contributed by atoms with Crippen LogP contribution in [0, 0.1) is 13.8 Å². The maximum atomic E-state index is 11.3. The quantitative estimate of drug-likeness (QED) is 0.640. The third kappa shape index (κ3) is 4.84. The van der Waals surface area contributed by atoms with E-state index in [-0.39, 0.29) is 24.0 Å². The van der Waals surface area contributed by atoms with Crippen molar-refractivity contribution < 1.29 is 14.2 Å². The monoisotopic (exact) mass is 392 g/mol. The summed E-state index contributed by atoms with van der Waals surface area (Å²) < 4.78 is 20.2. The fourth-order valence-corrected chi connectivity index (χ4v) is 3.29. The summed E-state index contributed by atoms with van der Waals surface area (Å²) in [4.78, 5) is 15.1. The van der Waals surface area contributed by atoms with E-state index in [0.717, 1.165) is 11.5 Å². The molecule has 0 aliphatic carbocycles. The lowest BCUT2D eigenvalue weighted by Gasteiger charge is -2.20. The van der Waals surface area contributed by atoms with Gasteiger partial charge in [-0.15, -0.1) is 0 Å². The summed E-state index contributed by atoms with van der Waals surface area (Å²) in [6.45, 7) is 4.45. The lowest BCUT2D eigenvalue weighted by molar-refractivity contribution is -0.0360. The Hall–Kier alpha value is -3.12. The molecule has 150 valence electrons. The van der Waals surface area contributed by atoms with Gasteiger partial charge in [0.25, 0.3) is 5.56 Å². The van der Waals surface area contributed by atoms with Crippen LogP contribution in [0.15, 0.2) is 71.9 Å². The number of aryl methyl sites for hydroxylation is 2. The molecule has 1 aliphatic rings. The van der Waals surface area contributed by atoms with Gasteiger partial charge < -0.3 is 18.8 Å². The van der Waals surface area contributed by atoms with Gasteiger partial charge in [-0.25, -0.2) is 0 Å². The fourth-order valence-electron chi connectivity index (χ4n) is 3.29. The Balaban J connectivity index is 1.49. The molecule has 2 heterocycles. The average Bonchev–Trinajstić information content (AvgIpc) is 3.12. The molecule has 4 rings (SSSR count). The molecule has 6 heteroatoms. The molecule has 29 heavy (non-hydrogen) atoms. The van der Waals surface area contributed by atoms with Crippen molar-refractivity contribution in [1.29, 1.82) is 0 Å². The van der Waals surface area contributed by atoms with Crippen molar-refractivity contribution in [1.82, 2.24) is 9.55 Å². The van der Waals surface area contributed by atoms with Crippen molar-refractivity contribution in [3.8, 4) is 11.5 Å². The van der Waals surface area contributed by atoms with Gasteiger partial charge in [-0.05, 0) is 38.1 Å². The van der Waals surface area contributed by atoms with E-state index in [1.807, 2.05) is 62.4 Å². The van der Waals surface area contributed by atoms with Crippen LogP contribution in [-0.4, -0.2) is 28.4 Å². The minimum Gasteiger partial charge on any atom is -0.491 e. The van der Waals surface area contributed by atoms with Gasteiger partial charge in [0.05, 0.1) is 0 Å². The Morgan fingerprint density at radius 1 is 1.00 bits per heavy atom. The zero-order valence-corrected chi connectivity index (χ0v) is 16.5. The SMILES string of the molecule is Cc1ccc(OC[C@H]2O[C@@H](n3ccc(=O)nc3)C[C@@H]2Oc2ccc(C)cc2)cc1. The molecule has 1 aliphatic heterocycles. The highest BCUT2D eigenvalue weighted by Crippen LogP contribution is 2.32. The van der Waals surface area contributed by atoms with Crippen molar-refractivity contribution in [2.75, 3.05) is 6.61 Å². The summed E-state index contributed by atoms with van der Waals surface area (Å²) in [6.07, 6.45) is 3.09. The van der Waals surface area contributed by atoms with E-state index in [1.165, 1.54) is 23.5 Å². The molecule has 6 nitrogen and oxygen atoms in total. The molecule has 0 amide bonds. The van der Waals surface area contributed by atoms with Gasteiger partial charge in [-0.1, -0.05) is 35.4 Å². The van der Waals surface area contributed by atoms with Crippen molar-refractivity contribution in [2.45, 2.75) is 38.7 Å². The summed E-state index contributed by atoms with van der Waals surface area (Å²) in [5.74, 6) is 1.59. The smallest absolute Gasteiger partial charge is 0.272 e. The number of rotatable bonds is 6. The Morgan fingerprint density at radius 3 is 2.28 bits per heavy atom. The van der Waals surface area contributed by atoms with Gasteiger partial charge in [-0.3, -0.25) is 4.79 Å². The number of hydrogen-bond donors (Lipinski definition) is 0. The third-order valence-electron chi connectivity index (χ3n) is 4.96.